The number of nitrogens with one attached hydrogen (secondary N) is 1. The first-order valence-electron chi connectivity index (χ1n) is 6.35. The van der Waals surface area contributed by atoms with Gasteiger partial charge in [-0.1, -0.05) is 19.9 Å². The molecular weight excluding hydrogens is 224 g/mol. The Morgan fingerprint density at radius 3 is 2.67 bits per heavy atom. The molecule has 0 saturated carbocycles. The standard InChI is InChI=1S/C14H24N4/c1-14(2,13(15)16)8-11-18(3)10-7-12-6-4-5-9-17-12/h4-6,9H,7-8,10-11H2,1-3H3,(H3,15,16). The molecule has 0 aromatic carbocycles. The van der Waals surface area contributed by atoms with Crippen LogP contribution < -0.4 is 5.73 Å². The van der Waals surface area contributed by atoms with Crippen molar-refractivity contribution in [2.75, 3.05) is 20.1 Å². The fraction of sp³-hybridized carbons (Fsp3) is 0.571. The van der Waals surface area contributed by atoms with Gasteiger partial charge in [-0.15, -0.1) is 0 Å². The van der Waals surface area contributed by atoms with Crippen LogP contribution in [-0.2, 0) is 6.42 Å². The van der Waals surface area contributed by atoms with E-state index < -0.39 is 0 Å². The third-order valence-electron chi connectivity index (χ3n) is 3.32. The SMILES string of the molecule is CN(CCc1ccccn1)CCC(C)(C)C(=N)N. The first kappa shape index (κ1) is 14.6. The predicted molar refractivity (Wildman–Crippen MR) is 75.8 cm³/mol. The van der Waals surface area contributed by atoms with Crippen molar-refractivity contribution in [3.8, 4) is 0 Å². The lowest BCUT2D eigenvalue weighted by Crippen LogP contribution is -2.35. The maximum absolute atomic E-state index is 7.53. The fourth-order valence-corrected chi connectivity index (χ4v) is 1.57. The highest BCUT2D eigenvalue weighted by Crippen LogP contribution is 2.19. The Morgan fingerprint density at radius 2 is 2.11 bits per heavy atom. The monoisotopic (exact) mass is 248 g/mol. The Labute approximate surface area is 110 Å². The van der Waals surface area contributed by atoms with Crippen LogP contribution in [0.2, 0.25) is 0 Å². The van der Waals surface area contributed by atoms with Crippen molar-refractivity contribution < 1.29 is 0 Å². The van der Waals surface area contributed by atoms with Crippen LogP contribution in [0.4, 0.5) is 0 Å². The van der Waals surface area contributed by atoms with Crippen LogP contribution in [0.15, 0.2) is 24.4 Å². The van der Waals surface area contributed by atoms with E-state index in [2.05, 4.69) is 16.9 Å². The summed E-state index contributed by atoms with van der Waals surface area (Å²) in [7, 11) is 2.10. The van der Waals surface area contributed by atoms with Gasteiger partial charge in [0.2, 0.25) is 0 Å². The molecule has 0 atom stereocenters. The highest BCUT2D eigenvalue weighted by atomic mass is 15.1. The molecule has 0 fully saturated rings. The molecule has 0 radical (unpaired) electrons. The van der Waals surface area contributed by atoms with Crippen molar-refractivity contribution in [1.29, 1.82) is 5.41 Å². The van der Waals surface area contributed by atoms with Crippen molar-refractivity contribution in [1.82, 2.24) is 9.88 Å². The summed E-state index contributed by atoms with van der Waals surface area (Å²) < 4.78 is 0. The molecule has 1 heterocycles. The Morgan fingerprint density at radius 1 is 1.39 bits per heavy atom. The lowest BCUT2D eigenvalue weighted by Gasteiger charge is -2.26. The molecule has 4 heteroatoms. The van der Waals surface area contributed by atoms with Gasteiger partial charge in [0.25, 0.3) is 0 Å². The molecule has 0 aliphatic carbocycles. The van der Waals surface area contributed by atoms with Gasteiger partial charge in [0.05, 0.1) is 5.84 Å². The summed E-state index contributed by atoms with van der Waals surface area (Å²) in [6.07, 6.45) is 3.69. The summed E-state index contributed by atoms with van der Waals surface area (Å²) in [6, 6.07) is 6.00. The second kappa shape index (κ2) is 6.50. The zero-order valence-electron chi connectivity index (χ0n) is 11.6. The third kappa shape index (κ3) is 4.84. The van der Waals surface area contributed by atoms with Crippen LogP contribution in [0.1, 0.15) is 26.0 Å². The normalized spacial score (nSPS) is 11.8. The fourth-order valence-electron chi connectivity index (χ4n) is 1.57. The quantitative estimate of drug-likeness (QED) is 0.572. The van der Waals surface area contributed by atoms with Crippen molar-refractivity contribution in [3.63, 3.8) is 0 Å². The van der Waals surface area contributed by atoms with E-state index in [-0.39, 0.29) is 11.3 Å². The largest absolute Gasteiger partial charge is 0.387 e. The minimum Gasteiger partial charge on any atom is -0.387 e. The molecule has 0 aliphatic rings. The molecule has 0 aliphatic heterocycles. The van der Waals surface area contributed by atoms with Gasteiger partial charge >= 0.3 is 0 Å². The molecule has 1 aromatic heterocycles. The molecule has 4 nitrogen and oxygen atoms in total. The van der Waals surface area contributed by atoms with Gasteiger partial charge in [-0.2, -0.15) is 0 Å². The Hall–Kier alpha value is -1.42. The first-order valence-corrected chi connectivity index (χ1v) is 6.35. The van der Waals surface area contributed by atoms with Gasteiger partial charge in [-0.25, -0.2) is 0 Å². The van der Waals surface area contributed by atoms with E-state index in [0.29, 0.717) is 0 Å². The van der Waals surface area contributed by atoms with Crippen molar-refractivity contribution in [3.05, 3.63) is 30.1 Å². The van der Waals surface area contributed by atoms with Gasteiger partial charge < -0.3 is 10.6 Å². The van der Waals surface area contributed by atoms with Crippen LogP contribution in [-0.4, -0.2) is 35.9 Å². The Kier molecular flexibility index (Phi) is 5.28. The van der Waals surface area contributed by atoms with Crippen molar-refractivity contribution in [2.24, 2.45) is 11.1 Å². The smallest absolute Gasteiger partial charge is 0.0963 e. The predicted octanol–water partition coefficient (Wildman–Crippen LogP) is 1.91. The number of nitrogens with zero attached hydrogens (tertiary/aromatic N) is 2. The summed E-state index contributed by atoms with van der Waals surface area (Å²) in [4.78, 5) is 6.57. The number of rotatable bonds is 7. The summed E-state index contributed by atoms with van der Waals surface area (Å²) in [6.45, 7) is 5.95. The lowest BCUT2D eigenvalue weighted by molar-refractivity contribution is 0.293. The Bertz CT molecular complexity index is 373. The maximum atomic E-state index is 7.53. The van der Waals surface area contributed by atoms with Gasteiger partial charge in [-0.3, -0.25) is 10.4 Å². The number of hydrogen-bond acceptors (Lipinski definition) is 3. The van der Waals surface area contributed by atoms with Gasteiger partial charge in [0.1, 0.15) is 0 Å². The van der Waals surface area contributed by atoms with E-state index in [1.165, 1.54) is 0 Å². The second-order valence-corrected chi connectivity index (χ2v) is 5.42. The summed E-state index contributed by atoms with van der Waals surface area (Å²) in [5.41, 5.74) is 6.49. The highest BCUT2D eigenvalue weighted by Gasteiger charge is 2.21. The van der Waals surface area contributed by atoms with Crippen molar-refractivity contribution in [2.45, 2.75) is 26.7 Å². The third-order valence-corrected chi connectivity index (χ3v) is 3.32. The van der Waals surface area contributed by atoms with Gasteiger partial charge in [0, 0.05) is 30.3 Å². The van der Waals surface area contributed by atoms with Crippen molar-refractivity contribution >= 4 is 5.84 Å². The molecule has 0 unspecified atom stereocenters. The van der Waals surface area contributed by atoms with Crippen LogP contribution in [0.3, 0.4) is 0 Å². The molecule has 1 aromatic rings. The molecule has 0 saturated heterocycles. The molecule has 0 spiro atoms. The minimum absolute atomic E-state index is 0.209. The van der Waals surface area contributed by atoms with Crippen LogP contribution >= 0.6 is 0 Å². The molecule has 18 heavy (non-hydrogen) atoms. The van der Waals surface area contributed by atoms with E-state index in [1.807, 2.05) is 38.2 Å². The minimum atomic E-state index is -0.209. The van der Waals surface area contributed by atoms with Gasteiger partial charge in [-0.05, 0) is 32.1 Å². The molecule has 100 valence electrons. The maximum Gasteiger partial charge on any atom is 0.0963 e. The zero-order chi connectivity index (χ0) is 13.6. The van der Waals surface area contributed by atoms with E-state index in [4.69, 9.17) is 11.1 Å². The molecular formula is C14H24N4. The second-order valence-electron chi connectivity index (χ2n) is 5.42. The van der Waals surface area contributed by atoms with Crippen LogP contribution in [0.25, 0.3) is 0 Å². The average Bonchev–Trinajstić information content (AvgIpc) is 2.35. The van der Waals surface area contributed by atoms with Crippen LogP contribution in [0.5, 0.6) is 0 Å². The summed E-state index contributed by atoms with van der Waals surface area (Å²) in [5.74, 6) is 0.264. The average molecular weight is 248 g/mol. The van der Waals surface area contributed by atoms with E-state index in [9.17, 15) is 0 Å². The summed E-state index contributed by atoms with van der Waals surface area (Å²) in [5, 5.41) is 7.53. The first-order chi connectivity index (χ1) is 8.42. The molecule has 0 bridgehead atoms. The lowest BCUT2D eigenvalue weighted by atomic mass is 9.88. The number of nitrogens with two attached hydrogens (primary N) is 1. The van der Waals surface area contributed by atoms with Gasteiger partial charge in [0.15, 0.2) is 0 Å². The van der Waals surface area contributed by atoms with Crippen LogP contribution in [0, 0.1) is 10.8 Å². The van der Waals surface area contributed by atoms with E-state index >= 15 is 0 Å². The number of hydrogen-bond donors (Lipinski definition) is 2. The molecule has 3 N–H and O–H groups in total. The zero-order valence-corrected chi connectivity index (χ0v) is 11.6. The molecule has 0 amide bonds. The van der Waals surface area contributed by atoms with E-state index in [1.54, 1.807) is 0 Å². The number of aromatic nitrogens is 1. The Balaban J connectivity index is 2.30. The number of pyridine rings is 1. The topological polar surface area (TPSA) is 66.0 Å². The number of amidine groups is 1. The molecule has 1 rings (SSSR count). The summed E-state index contributed by atoms with van der Waals surface area (Å²) >= 11 is 0. The highest BCUT2D eigenvalue weighted by molar-refractivity contribution is 5.82. The van der Waals surface area contributed by atoms with E-state index in [0.717, 1.165) is 31.6 Å². The number of likely N-dealkylation sites (N-methyl/N-ethyl adjacent to an activating group) is 1.